The highest BCUT2D eigenvalue weighted by molar-refractivity contribution is 7.78. The van der Waals surface area contributed by atoms with E-state index in [-0.39, 0.29) is 16.0 Å². The predicted octanol–water partition coefficient (Wildman–Crippen LogP) is 3.57. The summed E-state index contributed by atoms with van der Waals surface area (Å²) in [5, 5.41) is 0.171. The van der Waals surface area contributed by atoms with Crippen molar-refractivity contribution in [1.29, 1.82) is 0 Å². The number of hydrogen-bond acceptors (Lipinski definition) is 1. The predicted molar refractivity (Wildman–Crippen MR) is 56.0 cm³/mol. The topological polar surface area (TPSA) is 4.93 Å². The smallest absolute Gasteiger partial charge is 0.207 e. The van der Waals surface area contributed by atoms with E-state index in [9.17, 15) is 8.78 Å². The van der Waals surface area contributed by atoms with Crippen LogP contribution in [-0.4, -0.2) is 3.97 Å². The van der Waals surface area contributed by atoms with E-state index >= 15 is 0 Å². The lowest BCUT2D eigenvalue weighted by Crippen LogP contribution is -1.84. The molecule has 74 valence electrons. The van der Waals surface area contributed by atoms with E-state index in [0.717, 1.165) is 3.97 Å². The maximum absolute atomic E-state index is 13.5. The quantitative estimate of drug-likeness (QED) is 0.664. The summed E-state index contributed by atoms with van der Waals surface area (Å²) in [5.74, 6) is -1.17. The third-order valence-electron chi connectivity index (χ3n) is 2.17. The van der Waals surface area contributed by atoms with E-state index in [1.807, 2.05) is 0 Å². The summed E-state index contributed by atoms with van der Waals surface area (Å²) < 4.78 is 27.8. The summed E-state index contributed by atoms with van der Waals surface area (Å²) in [4.78, 5) is 0. The number of benzene rings is 1. The molecule has 0 atom stereocenters. The highest BCUT2D eigenvalue weighted by Gasteiger charge is 2.17. The molecular weight excluding hydrogens is 228 g/mol. The normalized spacial score (nSPS) is 11.2. The highest BCUT2D eigenvalue weighted by atomic mass is 35.5. The van der Waals surface area contributed by atoms with Gasteiger partial charge in [-0.15, -0.1) is 0 Å². The van der Waals surface area contributed by atoms with Crippen molar-refractivity contribution in [1.82, 2.24) is 3.97 Å². The number of halogens is 3. The molecule has 1 heterocycles. The monoisotopic (exact) mass is 233 g/mol. The first-order chi connectivity index (χ1) is 6.54. The molecule has 0 amide bonds. The maximum atomic E-state index is 13.5. The minimum atomic E-state index is -0.603. The Morgan fingerprint density at radius 3 is 2.64 bits per heavy atom. The van der Waals surface area contributed by atoms with E-state index in [4.69, 9.17) is 11.6 Å². The minimum Gasteiger partial charge on any atom is -0.262 e. The molecule has 0 aliphatic carbocycles. The number of nitrogens with zero attached hydrogens (tertiary/aromatic N) is 1. The molecule has 0 saturated heterocycles. The van der Waals surface area contributed by atoms with Gasteiger partial charge in [-0.05, 0) is 19.1 Å². The van der Waals surface area contributed by atoms with Gasteiger partial charge in [-0.2, -0.15) is 4.39 Å². The molecule has 14 heavy (non-hydrogen) atoms. The fourth-order valence-electron chi connectivity index (χ4n) is 1.44. The van der Waals surface area contributed by atoms with Crippen molar-refractivity contribution in [3.8, 4) is 0 Å². The van der Waals surface area contributed by atoms with Gasteiger partial charge in [-0.1, -0.05) is 24.4 Å². The SMILES string of the molecule is Cc1c(F)n(S)c2ccc(Cl)c(F)c12. The second kappa shape index (κ2) is 3.14. The molecule has 0 radical (unpaired) electrons. The molecular formula is C9H6ClF2NS. The number of aryl methyl sites for hydroxylation is 1. The Bertz CT molecular complexity index is 521. The highest BCUT2D eigenvalue weighted by Crippen LogP contribution is 2.31. The van der Waals surface area contributed by atoms with Crippen LogP contribution in [0.15, 0.2) is 12.1 Å². The van der Waals surface area contributed by atoms with E-state index in [2.05, 4.69) is 12.8 Å². The molecule has 0 saturated carbocycles. The van der Waals surface area contributed by atoms with Gasteiger partial charge in [-0.3, -0.25) is 3.97 Å². The van der Waals surface area contributed by atoms with Gasteiger partial charge in [0, 0.05) is 10.9 Å². The third-order valence-corrected chi connectivity index (χ3v) is 2.85. The van der Waals surface area contributed by atoms with Gasteiger partial charge in [0.2, 0.25) is 5.95 Å². The first kappa shape index (κ1) is 9.80. The molecule has 0 unspecified atom stereocenters. The van der Waals surface area contributed by atoms with Crippen LogP contribution in [0.2, 0.25) is 5.02 Å². The molecule has 0 spiro atoms. The fraction of sp³-hybridized carbons (Fsp3) is 0.111. The average Bonchev–Trinajstić information content (AvgIpc) is 2.38. The number of fused-ring (bicyclic) bond motifs is 1. The van der Waals surface area contributed by atoms with Crippen molar-refractivity contribution in [2.24, 2.45) is 0 Å². The van der Waals surface area contributed by atoms with Crippen LogP contribution in [0.3, 0.4) is 0 Å². The van der Waals surface area contributed by atoms with Gasteiger partial charge in [-0.25, -0.2) is 4.39 Å². The van der Waals surface area contributed by atoms with Crippen molar-refractivity contribution >= 4 is 35.3 Å². The average molecular weight is 234 g/mol. The Hall–Kier alpha value is -0.740. The molecule has 5 heteroatoms. The summed E-state index contributed by atoms with van der Waals surface area (Å²) in [5.41, 5.74) is 0.597. The fourth-order valence-corrected chi connectivity index (χ4v) is 1.92. The third kappa shape index (κ3) is 1.14. The van der Waals surface area contributed by atoms with Gasteiger partial charge in [0.15, 0.2) is 5.82 Å². The van der Waals surface area contributed by atoms with Crippen LogP contribution in [0.4, 0.5) is 8.78 Å². The van der Waals surface area contributed by atoms with Crippen LogP contribution in [0.5, 0.6) is 0 Å². The number of hydrogen-bond donors (Lipinski definition) is 1. The summed E-state index contributed by atoms with van der Waals surface area (Å²) >= 11 is 9.49. The molecule has 1 nitrogen and oxygen atoms in total. The van der Waals surface area contributed by atoms with Crippen LogP contribution < -0.4 is 0 Å². The van der Waals surface area contributed by atoms with Crippen molar-refractivity contribution < 1.29 is 8.78 Å². The molecule has 0 aliphatic heterocycles. The number of thiol groups is 1. The lowest BCUT2D eigenvalue weighted by molar-refractivity contribution is 0.576. The van der Waals surface area contributed by atoms with Gasteiger partial charge < -0.3 is 0 Å². The molecule has 0 N–H and O–H groups in total. The molecule has 0 fully saturated rings. The van der Waals surface area contributed by atoms with Gasteiger partial charge >= 0.3 is 0 Å². The first-order valence-corrected chi connectivity index (χ1v) is 4.65. The van der Waals surface area contributed by atoms with Crippen molar-refractivity contribution in [2.75, 3.05) is 0 Å². The summed E-state index contributed by atoms with van der Waals surface area (Å²) in [6.45, 7) is 1.49. The van der Waals surface area contributed by atoms with E-state index in [1.165, 1.54) is 19.1 Å². The maximum Gasteiger partial charge on any atom is 0.207 e. The molecule has 1 aromatic carbocycles. The summed E-state index contributed by atoms with van der Waals surface area (Å²) in [6.07, 6.45) is 0. The largest absolute Gasteiger partial charge is 0.262 e. The van der Waals surface area contributed by atoms with Gasteiger partial charge in [0.05, 0.1) is 10.5 Å². The zero-order chi connectivity index (χ0) is 10.5. The Balaban J connectivity index is 3.03. The zero-order valence-corrected chi connectivity index (χ0v) is 8.83. The van der Waals surface area contributed by atoms with E-state index < -0.39 is 11.8 Å². The van der Waals surface area contributed by atoms with Gasteiger partial charge in [0.1, 0.15) is 0 Å². The van der Waals surface area contributed by atoms with Crippen LogP contribution in [0, 0.1) is 18.7 Å². The van der Waals surface area contributed by atoms with Crippen molar-refractivity contribution in [2.45, 2.75) is 6.92 Å². The Kier molecular flexibility index (Phi) is 2.20. The van der Waals surface area contributed by atoms with E-state index in [1.54, 1.807) is 0 Å². The van der Waals surface area contributed by atoms with Crippen LogP contribution >= 0.6 is 24.4 Å². The van der Waals surface area contributed by atoms with Crippen LogP contribution in [0.1, 0.15) is 5.56 Å². The first-order valence-electron chi connectivity index (χ1n) is 3.87. The molecule has 0 bridgehead atoms. The van der Waals surface area contributed by atoms with E-state index in [0.29, 0.717) is 5.52 Å². The van der Waals surface area contributed by atoms with Crippen LogP contribution in [-0.2, 0) is 0 Å². The molecule has 1 aromatic heterocycles. The van der Waals surface area contributed by atoms with Gasteiger partial charge in [0.25, 0.3) is 0 Å². The second-order valence-electron chi connectivity index (χ2n) is 2.98. The minimum absolute atomic E-state index is 0.0143. The van der Waals surface area contributed by atoms with Crippen molar-refractivity contribution in [3.05, 3.63) is 34.5 Å². The number of rotatable bonds is 0. The summed E-state index contributed by atoms with van der Waals surface area (Å²) in [6, 6.07) is 2.91. The Morgan fingerprint density at radius 1 is 1.36 bits per heavy atom. The number of aromatic nitrogens is 1. The second-order valence-corrected chi connectivity index (χ2v) is 3.79. The zero-order valence-electron chi connectivity index (χ0n) is 7.18. The standard InChI is InChI=1S/C9H6ClF2NS/c1-4-7-6(13(14)9(4)12)3-2-5(10)8(7)11/h2-3,14H,1H3. The Labute approximate surface area is 89.8 Å². The van der Waals surface area contributed by atoms with Crippen LogP contribution in [0.25, 0.3) is 10.9 Å². The molecule has 2 aromatic rings. The summed E-state index contributed by atoms with van der Waals surface area (Å²) in [7, 11) is 0. The molecule has 0 aliphatic rings. The molecule has 2 rings (SSSR count). The Morgan fingerprint density at radius 2 is 2.00 bits per heavy atom. The lowest BCUT2D eigenvalue weighted by Gasteiger charge is -1.97. The van der Waals surface area contributed by atoms with Crippen molar-refractivity contribution in [3.63, 3.8) is 0 Å². The lowest BCUT2D eigenvalue weighted by atomic mass is 10.2.